The van der Waals surface area contributed by atoms with E-state index in [2.05, 4.69) is 5.32 Å². The van der Waals surface area contributed by atoms with Crippen LogP contribution in [0.3, 0.4) is 0 Å². The zero-order valence-corrected chi connectivity index (χ0v) is 12.4. The van der Waals surface area contributed by atoms with Gasteiger partial charge in [0, 0.05) is 19.8 Å². The number of rotatable bonds is 2. The molecule has 1 aromatic carbocycles. The molecule has 0 radical (unpaired) electrons. The zero-order chi connectivity index (χ0) is 15.7. The van der Waals surface area contributed by atoms with Crippen molar-refractivity contribution in [3.05, 3.63) is 55.7 Å². The van der Waals surface area contributed by atoms with Crippen LogP contribution in [0.5, 0.6) is 0 Å². The molecular weight excluding hydrogens is 268 g/mol. The molecule has 2 aromatic rings. The van der Waals surface area contributed by atoms with E-state index in [-0.39, 0.29) is 11.4 Å². The third-order valence-electron chi connectivity index (χ3n) is 3.26. The number of benzene rings is 1. The molecule has 0 aliphatic heterocycles. The van der Waals surface area contributed by atoms with Gasteiger partial charge in [0.15, 0.2) is 5.56 Å². The van der Waals surface area contributed by atoms with Crippen molar-refractivity contribution in [2.45, 2.75) is 13.8 Å². The van der Waals surface area contributed by atoms with E-state index in [0.29, 0.717) is 0 Å². The molecule has 21 heavy (non-hydrogen) atoms. The van der Waals surface area contributed by atoms with E-state index >= 15 is 0 Å². The van der Waals surface area contributed by atoms with Crippen LogP contribution < -0.4 is 16.6 Å². The van der Waals surface area contributed by atoms with Crippen molar-refractivity contribution >= 4 is 11.5 Å². The van der Waals surface area contributed by atoms with Crippen LogP contribution in [0.1, 0.15) is 16.7 Å². The number of hydrogen-bond donors (Lipinski definition) is 1. The first kappa shape index (κ1) is 14.6. The predicted octanol–water partition coefficient (Wildman–Crippen LogP) is 1.32. The molecule has 1 N–H and O–H groups in total. The molecule has 0 aliphatic carbocycles. The summed E-state index contributed by atoms with van der Waals surface area (Å²) in [5, 5.41) is 12.2. The Bertz CT molecular complexity index is 849. The molecule has 108 valence electrons. The number of nitriles is 1. The summed E-state index contributed by atoms with van der Waals surface area (Å²) < 4.78 is 2.18. The fourth-order valence-corrected chi connectivity index (χ4v) is 2.27. The van der Waals surface area contributed by atoms with Gasteiger partial charge in [-0.25, -0.2) is 4.79 Å². The summed E-state index contributed by atoms with van der Waals surface area (Å²) in [5.41, 5.74) is 1.65. The highest BCUT2D eigenvalue weighted by Crippen LogP contribution is 2.19. The number of anilines is 2. The highest BCUT2D eigenvalue weighted by Gasteiger charge is 2.15. The Kier molecular flexibility index (Phi) is 3.68. The molecule has 0 bridgehead atoms. The van der Waals surface area contributed by atoms with E-state index < -0.39 is 11.2 Å². The summed E-state index contributed by atoms with van der Waals surface area (Å²) >= 11 is 0. The van der Waals surface area contributed by atoms with Crippen LogP contribution in [0.4, 0.5) is 11.5 Å². The van der Waals surface area contributed by atoms with Crippen LogP contribution in [0.25, 0.3) is 0 Å². The number of hydrogen-bond acceptors (Lipinski definition) is 4. The minimum atomic E-state index is -0.604. The fourth-order valence-electron chi connectivity index (χ4n) is 2.27. The van der Waals surface area contributed by atoms with Crippen molar-refractivity contribution in [2.24, 2.45) is 14.1 Å². The van der Waals surface area contributed by atoms with Gasteiger partial charge in [-0.3, -0.25) is 13.9 Å². The average molecular weight is 284 g/mol. The molecule has 6 heteroatoms. The van der Waals surface area contributed by atoms with Crippen molar-refractivity contribution < 1.29 is 0 Å². The van der Waals surface area contributed by atoms with Crippen molar-refractivity contribution in [1.29, 1.82) is 5.26 Å². The molecule has 1 heterocycles. The van der Waals surface area contributed by atoms with E-state index in [0.717, 1.165) is 21.4 Å². The molecule has 0 aliphatic rings. The monoisotopic (exact) mass is 284 g/mol. The summed E-state index contributed by atoms with van der Waals surface area (Å²) in [6.07, 6.45) is 0. The Morgan fingerprint density at radius 2 is 1.62 bits per heavy atom. The van der Waals surface area contributed by atoms with E-state index in [1.165, 1.54) is 18.7 Å². The summed E-state index contributed by atoms with van der Waals surface area (Å²) in [4.78, 5) is 24.0. The van der Waals surface area contributed by atoms with Crippen LogP contribution in [0.2, 0.25) is 0 Å². The Balaban J connectivity index is 2.68. The Hall–Kier alpha value is -2.81. The van der Waals surface area contributed by atoms with Gasteiger partial charge in [0.25, 0.3) is 5.56 Å². The summed E-state index contributed by atoms with van der Waals surface area (Å²) in [6.45, 7) is 3.90. The van der Waals surface area contributed by atoms with Gasteiger partial charge < -0.3 is 5.32 Å². The van der Waals surface area contributed by atoms with Crippen LogP contribution in [0.15, 0.2) is 27.8 Å². The minimum Gasteiger partial charge on any atom is -0.340 e. The lowest BCUT2D eigenvalue weighted by atomic mass is 10.1. The number of nitrogens with one attached hydrogen (secondary N) is 1. The van der Waals surface area contributed by atoms with Gasteiger partial charge in [0.05, 0.1) is 0 Å². The molecule has 0 unspecified atom stereocenters. The van der Waals surface area contributed by atoms with Crippen molar-refractivity contribution in [2.75, 3.05) is 5.32 Å². The zero-order valence-electron chi connectivity index (χ0n) is 12.4. The van der Waals surface area contributed by atoms with Crippen molar-refractivity contribution in [1.82, 2.24) is 9.13 Å². The second-order valence-corrected chi connectivity index (χ2v) is 5.04. The summed E-state index contributed by atoms with van der Waals surface area (Å²) in [5.74, 6) is 0.204. The summed E-state index contributed by atoms with van der Waals surface area (Å²) in [6, 6.07) is 7.65. The van der Waals surface area contributed by atoms with E-state index in [9.17, 15) is 14.9 Å². The van der Waals surface area contributed by atoms with Crippen molar-refractivity contribution in [3.8, 4) is 6.07 Å². The van der Waals surface area contributed by atoms with Gasteiger partial charge in [-0.1, -0.05) is 6.07 Å². The smallest absolute Gasteiger partial charge is 0.332 e. The van der Waals surface area contributed by atoms with Crippen LogP contribution >= 0.6 is 0 Å². The van der Waals surface area contributed by atoms with Crippen LogP contribution in [-0.2, 0) is 14.1 Å². The van der Waals surface area contributed by atoms with Gasteiger partial charge in [0.1, 0.15) is 11.9 Å². The third kappa shape index (κ3) is 2.58. The lowest BCUT2D eigenvalue weighted by Gasteiger charge is -2.14. The maximum Gasteiger partial charge on any atom is 0.332 e. The van der Waals surface area contributed by atoms with E-state index in [4.69, 9.17) is 0 Å². The Morgan fingerprint density at radius 1 is 1.05 bits per heavy atom. The van der Waals surface area contributed by atoms with E-state index in [1.807, 2.05) is 38.1 Å². The second-order valence-electron chi connectivity index (χ2n) is 5.04. The van der Waals surface area contributed by atoms with Gasteiger partial charge in [0.2, 0.25) is 0 Å². The Morgan fingerprint density at radius 3 is 2.14 bits per heavy atom. The average Bonchev–Trinajstić information content (AvgIpc) is 2.42. The molecule has 0 fully saturated rings. The maximum atomic E-state index is 12.0. The van der Waals surface area contributed by atoms with Gasteiger partial charge >= 0.3 is 5.69 Å². The standard InChI is InChI=1S/C15H16N4O2/c1-9-5-10(2)7-11(6-9)17-13-12(8-16)14(20)19(4)15(21)18(13)3/h5-7,17H,1-4H3. The molecule has 0 atom stereocenters. The molecule has 0 spiro atoms. The van der Waals surface area contributed by atoms with Gasteiger partial charge in [-0.2, -0.15) is 5.26 Å². The topological polar surface area (TPSA) is 79.8 Å². The minimum absolute atomic E-state index is 0.0845. The summed E-state index contributed by atoms with van der Waals surface area (Å²) in [7, 11) is 2.87. The lowest BCUT2D eigenvalue weighted by molar-refractivity contribution is 0.689. The highest BCUT2D eigenvalue weighted by atomic mass is 16.2. The van der Waals surface area contributed by atoms with E-state index in [1.54, 1.807) is 0 Å². The first-order valence-electron chi connectivity index (χ1n) is 6.40. The SMILES string of the molecule is Cc1cc(C)cc(Nc2c(C#N)c(=O)n(C)c(=O)n2C)c1. The highest BCUT2D eigenvalue weighted by molar-refractivity contribution is 5.63. The van der Waals surface area contributed by atoms with Crippen LogP contribution in [-0.4, -0.2) is 9.13 Å². The molecule has 1 aromatic heterocycles. The quantitative estimate of drug-likeness (QED) is 0.902. The Labute approximate surface area is 121 Å². The molecule has 2 rings (SSSR count). The first-order valence-corrected chi connectivity index (χ1v) is 6.40. The fraction of sp³-hybridized carbons (Fsp3) is 0.267. The largest absolute Gasteiger partial charge is 0.340 e. The van der Waals surface area contributed by atoms with Gasteiger partial charge in [-0.05, 0) is 37.1 Å². The third-order valence-corrected chi connectivity index (χ3v) is 3.26. The normalized spacial score (nSPS) is 10.2. The first-order chi connectivity index (χ1) is 9.85. The molecule has 0 saturated heterocycles. The molecular formula is C15H16N4O2. The molecule has 0 amide bonds. The predicted molar refractivity (Wildman–Crippen MR) is 80.8 cm³/mol. The van der Waals surface area contributed by atoms with Gasteiger partial charge in [-0.15, -0.1) is 0 Å². The molecule has 0 saturated carbocycles. The van der Waals surface area contributed by atoms with Crippen molar-refractivity contribution in [3.63, 3.8) is 0 Å². The second kappa shape index (κ2) is 5.29. The lowest BCUT2D eigenvalue weighted by Crippen LogP contribution is -2.39. The number of nitrogens with zero attached hydrogens (tertiary/aromatic N) is 3. The maximum absolute atomic E-state index is 12.0. The van der Waals surface area contributed by atoms with Crippen LogP contribution in [0, 0.1) is 25.2 Å². The number of aromatic nitrogens is 2. The molecule has 6 nitrogen and oxygen atoms in total. The number of aryl methyl sites for hydroxylation is 2.